The van der Waals surface area contributed by atoms with E-state index in [1.54, 1.807) is 13.0 Å². The van der Waals surface area contributed by atoms with Crippen molar-refractivity contribution in [3.63, 3.8) is 0 Å². The van der Waals surface area contributed by atoms with Crippen LogP contribution in [-0.4, -0.2) is 23.5 Å². The number of rotatable bonds is 4. The van der Waals surface area contributed by atoms with Crippen molar-refractivity contribution in [3.05, 3.63) is 47.6 Å². The van der Waals surface area contributed by atoms with Gasteiger partial charge in [-0.2, -0.15) is 0 Å². The molecule has 0 saturated carbocycles. The SMILES string of the molecule is Cc1cc(CNC(=O)[C@H]2CC(=O)N(c3ccc(F)cc3)C2)no1. The standard InChI is InChI=1S/C16H16FN3O3/c1-10-6-13(19-23-10)8-18-16(22)11-7-15(21)20(9-11)14-4-2-12(17)3-5-14/h2-6,11H,7-9H2,1H3,(H,18,22)/t11-/m0/s1. The summed E-state index contributed by atoms with van der Waals surface area (Å²) in [6.07, 6.45) is 0.140. The molecule has 1 aromatic carbocycles. The third-order valence-corrected chi connectivity index (χ3v) is 3.75. The lowest BCUT2D eigenvalue weighted by Gasteiger charge is -2.16. The molecule has 0 spiro atoms. The largest absolute Gasteiger partial charge is 0.361 e. The summed E-state index contributed by atoms with van der Waals surface area (Å²) in [6.45, 7) is 2.32. The molecule has 1 saturated heterocycles. The number of carbonyl (C=O) groups excluding carboxylic acids is 2. The number of carbonyl (C=O) groups is 2. The summed E-state index contributed by atoms with van der Waals surface area (Å²) in [4.78, 5) is 25.8. The second-order valence-electron chi connectivity index (χ2n) is 5.53. The first-order chi connectivity index (χ1) is 11.0. The molecule has 6 nitrogen and oxygen atoms in total. The van der Waals surface area contributed by atoms with Gasteiger partial charge in [0.05, 0.1) is 12.5 Å². The Balaban J connectivity index is 1.60. The average molecular weight is 317 g/mol. The van der Waals surface area contributed by atoms with Crippen LogP contribution in [0, 0.1) is 18.7 Å². The van der Waals surface area contributed by atoms with Gasteiger partial charge < -0.3 is 14.7 Å². The molecule has 1 fully saturated rings. The Bertz CT molecular complexity index is 726. The first-order valence-corrected chi connectivity index (χ1v) is 7.29. The van der Waals surface area contributed by atoms with E-state index in [0.29, 0.717) is 17.1 Å². The molecule has 1 aromatic heterocycles. The van der Waals surface area contributed by atoms with E-state index in [-0.39, 0.29) is 37.1 Å². The van der Waals surface area contributed by atoms with Crippen LogP contribution in [0.2, 0.25) is 0 Å². The van der Waals surface area contributed by atoms with Crippen LogP contribution < -0.4 is 10.2 Å². The molecule has 120 valence electrons. The molecule has 7 heteroatoms. The summed E-state index contributed by atoms with van der Waals surface area (Å²) < 4.78 is 17.9. The number of aromatic nitrogens is 1. The molecule has 0 bridgehead atoms. The highest BCUT2D eigenvalue weighted by Crippen LogP contribution is 2.25. The van der Waals surface area contributed by atoms with Crippen molar-refractivity contribution in [1.82, 2.24) is 10.5 Å². The third-order valence-electron chi connectivity index (χ3n) is 3.75. The topological polar surface area (TPSA) is 75.4 Å². The van der Waals surface area contributed by atoms with Gasteiger partial charge in [-0.1, -0.05) is 5.16 Å². The lowest BCUT2D eigenvalue weighted by atomic mass is 10.1. The first kappa shape index (κ1) is 15.2. The Kier molecular flexibility index (Phi) is 4.10. The minimum absolute atomic E-state index is 0.140. The van der Waals surface area contributed by atoms with E-state index in [2.05, 4.69) is 10.5 Å². The minimum atomic E-state index is -0.430. The highest BCUT2D eigenvalue weighted by Gasteiger charge is 2.35. The zero-order chi connectivity index (χ0) is 16.4. The van der Waals surface area contributed by atoms with Gasteiger partial charge in [-0.15, -0.1) is 0 Å². The van der Waals surface area contributed by atoms with Gasteiger partial charge in [0.25, 0.3) is 0 Å². The Morgan fingerprint density at radius 2 is 2.17 bits per heavy atom. The van der Waals surface area contributed by atoms with Crippen LogP contribution in [0.4, 0.5) is 10.1 Å². The summed E-state index contributed by atoms with van der Waals surface area (Å²) in [7, 11) is 0. The van der Waals surface area contributed by atoms with Gasteiger partial charge in [0, 0.05) is 24.7 Å². The first-order valence-electron chi connectivity index (χ1n) is 7.29. The zero-order valence-corrected chi connectivity index (χ0v) is 12.6. The van der Waals surface area contributed by atoms with Crippen LogP contribution in [-0.2, 0) is 16.1 Å². The monoisotopic (exact) mass is 317 g/mol. The molecule has 1 atom stereocenters. The summed E-state index contributed by atoms with van der Waals surface area (Å²) in [5.41, 5.74) is 1.23. The van der Waals surface area contributed by atoms with Crippen molar-refractivity contribution < 1.29 is 18.5 Å². The smallest absolute Gasteiger partial charge is 0.227 e. The Labute approximate surface area is 132 Å². The predicted molar refractivity (Wildman–Crippen MR) is 79.9 cm³/mol. The molecule has 0 aliphatic carbocycles. The molecular weight excluding hydrogens is 301 g/mol. The number of benzene rings is 1. The molecule has 1 aliphatic heterocycles. The highest BCUT2D eigenvalue weighted by molar-refractivity contribution is 6.00. The molecule has 0 unspecified atom stereocenters. The van der Waals surface area contributed by atoms with Gasteiger partial charge in [-0.25, -0.2) is 4.39 Å². The fourth-order valence-corrected chi connectivity index (χ4v) is 2.58. The van der Waals surface area contributed by atoms with Crippen LogP contribution in [0.5, 0.6) is 0 Å². The van der Waals surface area contributed by atoms with E-state index in [1.165, 1.54) is 29.2 Å². The molecule has 1 N–H and O–H groups in total. The quantitative estimate of drug-likeness (QED) is 0.933. The zero-order valence-electron chi connectivity index (χ0n) is 12.6. The number of hydrogen-bond donors (Lipinski definition) is 1. The van der Waals surface area contributed by atoms with Crippen LogP contribution in [0.25, 0.3) is 0 Å². The van der Waals surface area contributed by atoms with Crippen molar-refractivity contribution in [3.8, 4) is 0 Å². The van der Waals surface area contributed by atoms with E-state index in [1.807, 2.05) is 0 Å². The number of nitrogens with one attached hydrogen (secondary N) is 1. The number of amides is 2. The van der Waals surface area contributed by atoms with Crippen molar-refractivity contribution in [2.45, 2.75) is 19.9 Å². The van der Waals surface area contributed by atoms with Gasteiger partial charge in [-0.3, -0.25) is 9.59 Å². The molecular formula is C16H16FN3O3. The van der Waals surface area contributed by atoms with Crippen molar-refractivity contribution in [1.29, 1.82) is 0 Å². The maximum atomic E-state index is 13.0. The molecule has 2 aromatic rings. The van der Waals surface area contributed by atoms with Gasteiger partial charge in [-0.05, 0) is 31.2 Å². The van der Waals surface area contributed by atoms with Crippen LogP contribution in [0.15, 0.2) is 34.9 Å². The van der Waals surface area contributed by atoms with Crippen LogP contribution in [0.1, 0.15) is 17.9 Å². The number of halogens is 1. The summed E-state index contributed by atoms with van der Waals surface area (Å²) >= 11 is 0. The van der Waals surface area contributed by atoms with Gasteiger partial charge in [0.15, 0.2) is 0 Å². The second kappa shape index (κ2) is 6.20. The van der Waals surface area contributed by atoms with Crippen molar-refractivity contribution in [2.75, 3.05) is 11.4 Å². The predicted octanol–water partition coefficient (Wildman–Crippen LogP) is 1.79. The number of aryl methyl sites for hydroxylation is 1. The summed E-state index contributed by atoms with van der Waals surface area (Å²) in [6, 6.07) is 7.40. The van der Waals surface area contributed by atoms with Gasteiger partial charge >= 0.3 is 0 Å². The van der Waals surface area contributed by atoms with Crippen LogP contribution >= 0.6 is 0 Å². The Morgan fingerprint density at radius 3 is 2.83 bits per heavy atom. The average Bonchev–Trinajstić information content (AvgIpc) is 3.12. The van der Waals surface area contributed by atoms with Gasteiger partial charge in [0.1, 0.15) is 17.3 Å². The number of nitrogens with zero attached hydrogens (tertiary/aromatic N) is 2. The van der Waals surface area contributed by atoms with Gasteiger partial charge in [0.2, 0.25) is 11.8 Å². The summed E-state index contributed by atoms with van der Waals surface area (Å²) in [5, 5.41) is 6.55. The van der Waals surface area contributed by atoms with E-state index >= 15 is 0 Å². The molecule has 2 heterocycles. The molecule has 1 aliphatic rings. The molecule has 2 amide bonds. The summed E-state index contributed by atoms with van der Waals surface area (Å²) in [5.74, 6) is -0.469. The normalized spacial score (nSPS) is 17.6. The van der Waals surface area contributed by atoms with E-state index in [9.17, 15) is 14.0 Å². The Morgan fingerprint density at radius 1 is 1.43 bits per heavy atom. The number of hydrogen-bond acceptors (Lipinski definition) is 4. The fraction of sp³-hybridized carbons (Fsp3) is 0.312. The Hall–Kier alpha value is -2.70. The van der Waals surface area contributed by atoms with Crippen LogP contribution in [0.3, 0.4) is 0 Å². The van der Waals surface area contributed by atoms with E-state index in [4.69, 9.17) is 4.52 Å². The second-order valence-corrected chi connectivity index (χ2v) is 5.53. The highest BCUT2D eigenvalue weighted by atomic mass is 19.1. The maximum absolute atomic E-state index is 13.0. The molecule has 3 rings (SSSR count). The molecule has 0 radical (unpaired) electrons. The lowest BCUT2D eigenvalue weighted by Crippen LogP contribution is -2.32. The number of anilines is 1. The van der Waals surface area contributed by atoms with E-state index in [0.717, 1.165) is 0 Å². The fourth-order valence-electron chi connectivity index (χ4n) is 2.58. The maximum Gasteiger partial charge on any atom is 0.227 e. The molecule has 23 heavy (non-hydrogen) atoms. The third kappa shape index (κ3) is 3.39. The minimum Gasteiger partial charge on any atom is -0.361 e. The van der Waals surface area contributed by atoms with Crippen molar-refractivity contribution >= 4 is 17.5 Å². The van der Waals surface area contributed by atoms with E-state index < -0.39 is 5.92 Å². The lowest BCUT2D eigenvalue weighted by molar-refractivity contribution is -0.126. The van der Waals surface area contributed by atoms with Crippen molar-refractivity contribution in [2.24, 2.45) is 5.92 Å².